The number of rotatable bonds is 5. The Bertz CT molecular complexity index is 244. The van der Waals surface area contributed by atoms with E-state index in [0.29, 0.717) is 11.3 Å². The molecule has 3 heteroatoms. The van der Waals surface area contributed by atoms with E-state index in [1.165, 1.54) is 44.9 Å². The number of amides is 1. The molecule has 2 fully saturated rings. The third-order valence-corrected chi connectivity index (χ3v) is 5.29. The van der Waals surface area contributed by atoms with Crippen molar-refractivity contribution >= 4 is 21.8 Å². The molecule has 2 saturated carbocycles. The van der Waals surface area contributed by atoms with Gasteiger partial charge < -0.3 is 5.32 Å². The van der Waals surface area contributed by atoms with Crippen LogP contribution in [-0.2, 0) is 4.79 Å². The van der Waals surface area contributed by atoms with Gasteiger partial charge >= 0.3 is 0 Å². The van der Waals surface area contributed by atoms with E-state index in [1.807, 2.05) is 0 Å². The summed E-state index contributed by atoms with van der Waals surface area (Å²) in [5.74, 6) is 0.937. The molecule has 0 aliphatic heterocycles. The predicted molar refractivity (Wildman–Crippen MR) is 69.7 cm³/mol. The maximum Gasteiger partial charge on any atom is 0.220 e. The van der Waals surface area contributed by atoms with Crippen LogP contribution in [0.4, 0.5) is 0 Å². The van der Waals surface area contributed by atoms with E-state index >= 15 is 0 Å². The van der Waals surface area contributed by atoms with Gasteiger partial charge in [0.15, 0.2) is 0 Å². The van der Waals surface area contributed by atoms with Crippen molar-refractivity contribution in [2.75, 3.05) is 11.9 Å². The molecule has 2 aliphatic rings. The van der Waals surface area contributed by atoms with E-state index in [2.05, 4.69) is 21.2 Å². The molecule has 0 aromatic heterocycles. The van der Waals surface area contributed by atoms with Crippen molar-refractivity contribution < 1.29 is 4.79 Å². The fourth-order valence-corrected chi connectivity index (χ4v) is 3.31. The largest absolute Gasteiger partial charge is 0.356 e. The second-order valence-corrected chi connectivity index (χ2v) is 6.18. The zero-order valence-corrected chi connectivity index (χ0v) is 11.5. The number of hydrogen-bond donors (Lipinski definition) is 1. The third-order valence-electron chi connectivity index (χ3n) is 4.10. The molecule has 1 N–H and O–H groups in total. The lowest BCUT2D eigenvalue weighted by Crippen LogP contribution is -2.32. The second-order valence-electron chi connectivity index (χ2n) is 5.62. The summed E-state index contributed by atoms with van der Waals surface area (Å²) in [6.45, 7) is 0.879. The molecule has 92 valence electrons. The van der Waals surface area contributed by atoms with Crippen LogP contribution >= 0.6 is 15.9 Å². The smallest absolute Gasteiger partial charge is 0.220 e. The monoisotopic (exact) mass is 287 g/mol. The van der Waals surface area contributed by atoms with Crippen molar-refractivity contribution in [2.24, 2.45) is 11.3 Å². The number of alkyl halides is 1. The Labute approximate surface area is 107 Å². The summed E-state index contributed by atoms with van der Waals surface area (Å²) in [6, 6.07) is 0. The number of carbonyl (C=O) groups is 1. The standard InChI is InChI=1S/C13H22BrNO/c14-9-13(6-7-13)10-15-12(16)8-11-4-2-1-3-5-11/h11H,1-10H2,(H,15,16). The van der Waals surface area contributed by atoms with Crippen LogP contribution in [0.25, 0.3) is 0 Å². The van der Waals surface area contributed by atoms with Crippen molar-refractivity contribution in [3.8, 4) is 0 Å². The molecule has 0 heterocycles. The van der Waals surface area contributed by atoms with Crippen LogP contribution < -0.4 is 5.32 Å². The van der Waals surface area contributed by atoms with Crippen LogP contribution in [0, 0.1) is 11.3 Å². The van der Waals surface area contributed by atoms with Gasteiger partial charge in [0.05, 0.1) is 0 Å². The highest BCUT2D eigenvalue weighted by atomic mass is 79.9. The Balaban J connectivity index is 1.64. The van der Waals surface area contributed by atoms with Gasteiger partial charge in [-0.25, -0.2) is 0 Å². The van der Waals surface area contributed by atoms with Crippen LogP contribution in [0.15, 0.2) is 0 Å². The van der Waals surface area contributed by atoms with Gasteiger partial charge in [0.2, 0.25) is 5.91 Å². The highest BCUT2D eigenvalue weighted by Crippen LogP contribution is 2.46. The zero-order valence-electron chi connectivity index (χ0n) is 9.93. The van der Waals surface area contributed by atoms with Gasteiger partial charge in [-0.1, -0.05) is 35.2 Å². The Hall–Kier alpha value is -0.0500. The van der Waals surface area contributed by atoms with E-state index in [-0.39, 0.29) is 5.91 Å². The topological polar surface area (TPSA) is 29.1 Å². The molecule has 0 aromatic carbocycles. The Morgan fingerprint density at radius 2 is 1.94 bits per heavy atom. The maximum absolute atomic E-state index is 11.8. The predicted octanol–water partition coefficient (Wildman–Crippen LogP) is 3.25. The molecule has 1 amide bonds. The van der Waals surface area contributed by atoms with E-state index in [0.717, 1.165) is 18.3 Å². The van der Waals surface area contributed by atoms with Gasteiger partial charge in [-0.2, -0.15) is 0 Å². The Morgan fingerprint density at radius 3 is 2.50 bits per heavy atom. The van der Waals surface area contributed by atoms with Crippen molar-refractivity contribution in [3.63, 3.8) is 0 Å². The first-order valence-electron chi connectivity index (χ1n) is 6.57. The van der Waals surface area contributed by atoms with Crippen LogP contribution in [0.2, 0.25) is 0 Å². The first-order valence-corrected chi connectivity index (χ1v) is 7.69. The minimum atomic E-state index is 0.277. The Morgan fingerprint density at radius 1 is 1.25 bits per heavy atom. The minimum absolute atomic E-state index is 0.277. The molecule has 0 spiro atoms. The van der Waals surface area contributed by atoms with E-state index < -0.39 is 0 Å². The quantitative estimate of drug-likeness (QED) is 0.773. The average molecular weight is 288 g/mol. The summed E-state index contributed by atoms with van der Waals surface area (Å²) in [7, 11) is 0. The maximum atomic E-state index is 11.8. The van der Waals surface area contributed by atoms with Gasteiger partial charge in [0.1, 0.15) is 0 Å². The van der Waals surface area contributed by atoms with E-state index in [9.17, 15) is 4.79 Å². The highest BCUT2D eigenvalue weighted by molar-refractivity contribution is 9.09. The van der Waals surface area contributed by atoms with Crippen molar-refractivity contribution in [1.82, 2.24) is 5.32 Å². The number of nitrogens with one attached hydrogen (secondary N) is 1. The van der Waals surface area contributed by atoms with Gasteiger partial charge in [-0.05, 0) is 37.0 Å². The van der Waals surface area contributed by atoms with Crippen molar-refractivity contribution in [1.29, 1.82) is 0 Å². The highest BCUT2D eigenvalue weighted by Gasteiger charge is 2.41. The lowest BCUT2D eigenvalue weighted by atomic mass is 9.87. The van der Waals surface area contributed by atoms with Crippen LogP contribution in [0.5, 0.6) is 0 Å². The lowest BCUT2D eigenvalue weighted by molar-refractivity contribution is -0.122. The van der Waals surface area contributed by atoms with Crippen molar-refractivity contribution in [3.05, 3.63) is 0 Å². The first-order chi connectivity index (χ1) is 7.74. The Kier molecular flexibility index (Phi) is 4.28. The molecular weight excluding hydrogens is 266 g/mol. The van der Waals surface area contributed by atoms with Crippen LogP contribution in [0.1, 0.15) is 51.4 Å². The van der Waals surface area contributed by atoms with E-state index in [4.69, 9.17) is 0 Å². The molecule has 16 heavy (non-hydrogen) atoms. The summed E-state index contributed by atoms with van der Waals surface area (Å²) < 4.78 is 0. The summed E-state index contributed by atoms with van der Waals surface area (Å²) in [5.41, 5.74) is 0.405. The van der Waals surface area contributed by atoms with Gasteiger partial charge in [-0.15, -0.1) is 0 Å². The molecule has 2 nitrogen and oxygen atoms in total. The van der Waals surface area contributed by atoms with E-state index in [1.54, 1.807) is 0 Å². The molecule has 0 radical (unpaired) electrons. The molecular formula is C13H22BrNO. The summed E-state index contributed by atoms with van der Waals surface area (Å²) >= 11 is 3.53. The van der Waals surface area contributed by atoms with Crippen LogP contribution in [0.3, 0.4) is 0 Å². The molecule has 0 bridgehead atoms. The fraction of sp³-hybridized carbons (Fsp3) is 0.923. The second kappa shape index (κ2) is 5.52. The molecule has 2 aliphatic carbocycles. The van der Waals surface area contributed by atoms with Gasteiger partial charge in [0.25, 0.3) is 0 Å². The third kappa shape index (κ3) is 3.47. The molecule has 0 saturated heterocycles. The molecule has 2 rings (SSSR count). The molecule has 0 atom stereocenters. The lowest BCUT2D eigenvalue weighted by Gasteiger charge is -2.21. The first kappa shape index (κ1) is 12.4. The summed E-state index contributed by atoms with van der Waals surface area (Å²) in [6.07, 6.45) is 9.83. The SMILES string of the molecule is O=C(CC1CCCCC1)NCC1(CBr)CC1. The fourth-order valence-electron chi connectivity index (χ4n) is 2.55. The average Bonchev–Trinajstić information content (AvgIpc) is 3.09. The zero-order chi connectivity index (χ0) is 11.4. The van der Waals surface area contributed by atoms with Crippen LogP contribution in [-0.4, -0.2) is 17.8 Å². The normalized spacial score (nSPS) is 24.1. The van der Waals surface area contributed by atoms with Gasteiger partial charge in [0, 0.05) is 18.3 Å². The van der Waals surface area contributed by atoms with Crippen molar-refractivity contribution in [2.45, 2.75) is 51.4 Å². The number of carbonyl (C=O) groups excluding carboxylic acids is 1. The minimum Gasteiger partial charge on any atom is -0.356 e. The number of halogens is 1. The van der Waals surface area contributed by atoms with Gasteiger partial charge in [-0.3, -0.25) is 4.79 Å². The molecule has 0 aromatic rings. The summed E-state index contributed by atoms with van der Waals surface area (Å²) in [4.78, 5) is 11.8. The summed E-state index contributed by atoms with van der Waals surface area (Å²) in [5, 5.41) is 4.15. The molecule has 0 unspecified atom stereocenters. The number of hydrogen-bond acceptors (Lipinski definition) is 1.